The Bertz CT molecular complexity index is 814. The van der Waals surface area contributed by atoms with Crippen LogP contribution in [0.2, 0.25) is 0 Å². The van der Waals surface area contributed by atoms with Crippen molar-refractivity contribution in [2.24, 2.45) is 0 Å². The molecule has 0 unspecified atom stereocenters. The molecule has 0 aliphatic rings. The van der Waals surface area contributed by atoms with Crippen LogP contribution in [0.5, 0.6) is 0 Å². The Morgan fingerprint density at radius 3 is 2.52 bits per heavy atom. The molecule has 1 aromatic carbocycles. The molecule has 0 aliphatic carbocycles. The zero-order valence-corrected chi connectivity index (χ0v) is 16.4. The van der Waals surface area contributed by atoms with Gasteiger partial charge in [-0.15, -0.1) is 6.54 Å². The summed E-state index contributed by atoms with van der Waals surface area (Å²) in [5.41, 5.74) is -5.10. The summed E-state index contributed by atoms with van der Waals surface area (Å²) in [5, 5.41) is 2.44. The van der Waals surface area contributed by atoms with E-state index >= 15 is 0 Å². The number of sulfonamides is 1. The first kappa shape index (κ1) is 23.2. The molecule has 1 aromatic rings. The molecule has 1 N–H and O–H groups in total. The zero-order chi connectivity index (χ0) is 20.7. The number of alkyl halides is 3. The minimum absolute atomic E-state index is 0.0158. The first-order valence-corrected chi connectivity index (χ1v) is 9.51. The van der Waals surface area contributed by atoms with Gasteiger partial charge in [-0.3, -0.25) is 5.32 Å². The van der Waals surface area contributed by atoms with Crippen LogP contribution in [0.4, 0.5) is 23.7 Å². The predicted molar refractivity (Wildman–Crippen MR) is 97.8 cm³/mol. The van der Waals surface area contributed by atoms with E-state index in [1.54, 1.807) is 0 Å². The third kappa shape index (κ3) is 7.34. The summed E-state index contributed by atoms with van der Waals surface area (Å²) in [6, 6.07) is 4.05. The highest BCUT2D eigenvalue weighted by atomic mass is 127. The first-order chi connectivity index (χ1) is 12.5. The predicted octanol–water partition coefficient (Wildman–Crippen LogP) is 3.41. The van der Waals surface area contributed by atoms with Gasteiger partial charge in [0.15, 0.2) is 10.0 Å². The van der Waals surface area contributed by atoms with Crippen molar-refractivity contribution in [3.05, 3.63) is 44.7 Å². The molecule has 0 radical (unpaired) electrons. The molecule has 8 nitrogen and oxygen atoms in total. The largest absolute Gasteiger partial charge is 0.538 e. The van der Waals surface area contributed by atoms with Gasteiger partial charge in [0, 0.05) is 3.57 Å². The van der Waals surface area contributed by atoms with E-state index in [2.05, 4.69) is 21.4 Å². The third-order valence-corrected chi connectivity index (χ3v) is 4.65. The van der Waals surface area contributed by atoms with Gasteiger partial charge in [-0.05, 0) is 40.8 Å². The smallest absolute Gasteiger partial charge is 0.480 e. The van der Waals surface area contributed by atoms with Crippen LogP contribution in [0.1, 0.15) is 10.4 Å². The van der Waals surface area contributed by atoms with E-state index < -0.39 is 40.7 Å². The summed E-state index contributed by atoms with van der Waals surface area (Å²) in [7, 11) is -5.62. The first-order valence-electron chi connectivity index (χ1n) is 6.99. The Kier molecular flexibility index (Phi) is 8.49. The molecule has 0 bridgehead atoms. The van der Waals surface area contributed by atoms with Crippen LogP contribution in [0.25, 0.3) is 4.72 Å². The number of nitrogens with zero attached hydrogens (tertiary/aromatic N) is 1. The molecule has 13 heteroatoms. The number of carbonyl (C=O) groups is 2. The topological polar surface area (TPSA) is 113 Å². The van der Waals surface area contributed by atoms with Crippen LogP contribution in [-0.4, -0.2) is 45.7 Å². The van der Waals surface area contributed by atoms with Crippen molar-refractivity contribution >= 4 is 50.4 Å². The molecular formula is C14H13F3IN2O6S-. The lowest BCUT2D eigenvalue weighted by atomic mass is 10.2. The Morgan fingerprint density at radius 1 is 1.30 bits per heavy atom. The summed E-state index contributed by atoms with van der Waals surface area (Å²) >= 11 is 1.83. The van der Waals surface area contributed by atoms with Gasteiger partial charge in [-0.25, -0.2) is 18.0 Å². The van der Waals surface area contributed by atoms with Gasteiger partial charge >= 0.3 is 17.6 Å². The molecule has 0 fully saturated rings. The summed E-state index contributed by atoms with van der Waals surface area (Å²) in [6.07, 6.45) is 0.659. The fraction of sp³-hybridized carbons (Fsp3) is 0.286. The molecular weight excluding hydrogens is 508 g/mol. The standard InChI is InChI=1S/C14H13F3IN2O6S/c1-2-6-26-13(22)20-11-4-3-9(8-10(11)18)12(21)25-7-5-19-27(23,24)14(15,16)17/h2-4,8H,1,5-7H2,(H,20,21,22)/q-1. The second kappa shape index (κ2) is 9.89. The molecule has 0 heterocycles. The van der Waals surface area contributed by atoms with Gasteiger partial charge in [0.1, 0.15) is 6.61 Å². The number of nitrogens with one attached hydrogen (secondary N) is 1. The average Bonchev–Trinajstić information content (AvgIpc) is 2.57. The van der Waals surface area contributed by atoms with Crippen LogP contribution in [0, 0.1) is 3.57 Å². The van der Waals surface area contributed by atoms with Crippen molar-refractivity contribution in [3.63, 3.8) is 0 Å². The zero-order valence-electron chi connectivity index (χ0n) is 13.5. The average molecular weight is 521 g/mol. The van der Waals surface area contributed by atoms with E-state index in [1.807, 2.05) is 22.6 Å². The summed E-state index contributed by atoms with van der Waals surface area (Å²) in [4.78, 5) is 23.3. The van der Waals surface area contributed by atoms with Crippen molar-refractivity contribution in [1.82, 2.24) is 0 Å². The molecule has 0 atom stereocenters. The molecule has 0 aromatic heterocycles. The summed E-state index contributed by atoms with van der Waals surface area (Å²) in [6.45, 7) is 1.89. The number of anilines is 1. The van der Waals surface area contributed by atoms with E-state index in [9.17, 15) is 31.2 Å². The Hall–Kier alpha value is -1.87. The van der Waals surface area contributed by atoms with Gasteiger partial charge in [0.25, 0.3) is 0 Å². The maximum Gasteiger partial charge on any atom is 0.480 e. The highest BCUT2D eigenvalue weighted by Crippen LogP contribution is 2.27. The molecule has 1 rings (SSSR count). The lowest BCUT2D eigenvalue weighted by Crippen LogP contribution is -2.23. The second-order valence-corrected chi connectivity index (χ2v) is 7.45. The molecule has 0 aliphatic heterocycles. The molecule has 0 saturated carbocycles. The quantitative estimate of drug-likeness (QED) is 0.243. The van der Waals surface area contributed by atoms with Crippen molar-refractivity contribution < 1.29 is 40.7 Å². The SMILES string of the molecule is C=CCOC(=O)Nc1ccc(C(=O)OCC[N-]S(=O)(=O)C(F)(F)F)cc1I. The van der Waals surface area contributed by atoms with Gasteiger partial charge in [0.05, 0.1) is 17.9 Å². The number of benzene rings is 1. The van der Waals surface area contributed by atoms with Crippen molar-refractivity contribution in [1.29, 1.82) is 0 Å². The van der Waals surface area contributed by atoms with Crippen molar-refractivity contribution in [2.75, 3.05) is 25.1 Å². The Balaban J connectivity index is 2.58. The lowest BCUT2D eigenvalue weighted by molar-refractivity contribution is -0.0427. The number of hydrogen-bond donors (Lipinski definition) is 1. The van der Waals surface area contributed by atoms with Crippen LogP contribution in [0.15, 0.2) is 30.9 Å². The van der Waals surface area contributed by atoms with Crippen LogP contribution in [0.3, 0.4) is 0 Å². The van der Waals surface area contributed by atoms with Gasteiger partial charge in [-0.1, -0.05) is 12.7 Å². The Labute approximate surface area is 166 Å². The number of amides is 1. The molecule has 27 heavy (non-hydrogen) atoms. The molecule has 150 valence electrons. The minimum atomic E-state index is -5.62. The summed E-state index contributed by atoms with van der Waals surface area (Å²) < 4.78 is 70.1. The highest BCUT2D eigenvalue weighted by Gasteiger charge is 2.38. The monoisotopic (exact) mass is 521 g/mol. The van der Waals surface area contributed by atoms with Gasteiger partial charge in [0.2, 0.25) is 0 Å². The van der Waals surface area contributed by atoms with Crippen LogP contribution in [-0.2, 0) is 19.5 Å². The van der Waals surface area contributed by atoms with E-state index in [0.717, 1.165) is 0 Å². The molecule has 0 saturated heterocycles. The fourth-order valence-corrected chi connectivity index (χ4v) is 2.59. The van der Waals surface area contributed by atoms with Crippen molar-refractivity contribution in [2.45, 2.75) is 5.51 Å². The number of hydrogen-bond acceptors (Lipinski definition) is 6. The number of carbonyl (C=O) groups excluding carboxylic acids is 2. The Morgan fingerprint density at radius 2 is 1.96 bits per heavy atom. The second-order valence-electron chi connectivity index (χ2n) is 4.62. The minimum Gasteiger partial charge on any atom is -0.538 e. The van der Waals surface area contributed by atoms with Gasteiger partial charge in [-0.2, -0.15) is 13.2 Å². The highest BCUT2D eigenvalue weighted by molar-refractivity contribution is 14.1. The maximum atomic E-state index is 12.1. The normalized spacial score (nSPS) is 11.6. The van der Waals surface area contributed by atoms with E-state index in [4.69, 9.17) is 4.74 Å². The fourth-order valence-electron chi connectivity index (χ4n) is 1.48. The number of esters is 1. The number of ether oxygens (including phenoxy) is 2. The maximum absolute atomic E-state index is 12.1. The summed E-state index contributed by atoms with van der Waals surface area (Å²) in [5.74, 6) is -0.895. The molecule has 0 spiro atoms. The molecule has 1 amide bonds. The lowest BCUT2D eigenvalue weighted by Gasteiger charge is -2.21. The van der Waals surface area contributed by atoms with E-state index in [1.165, 1.54) is 24.3 Å². The van der Waals surface area contributed by atoms with E-state index in [-0.39, 0.29) is 12.2 Å². The van der Waals surface area contributed by atoms with Crippen LogP contribution >= 0.6 is 22.6 Å². The van der Waals surface area contributed by atoms with Gasteiger partial charge < -0.3 is 14.2 Å². The van der Waals surface area contributed by atoms with Crippen molar-refractivity contribution in [3.8, 4) is 0 Å². The number of halogens is 4. The number of rotatable bonds is 8. The van der Waals surface area contributed by atoms with E-state index in [0.29, 0.717) is 9.26 Å². The van der Waals surface area contributed by atoms with Crippen LogP contribution < -0.4 is 5.32 Å². The third-order valence-electron chi connectivity index (χ3n) is 2.65.